The van der Waals surface area contributed by atoms with Crippen molar-refractivity contribution in [1.82, 2.24) is 5.32 Å². The highest BCUT2D eigenvalue weighted by Gasteiger charge is 2.20. The van der Waals surface area contributed by atoms with E-state index in [-0.39, 0.29) is 17.7 Å². The lowest BCUT2D eigenvalue weighted by Gasteiger charge is -2.26. The summed E-state index contributed by atoms with van der Waals surface area (Å²) in [5.41, 5.74) is 4.89. The van der Waals surface area contributed by atoms with Crippen LogP contribution in [0, 0.1) is 0 Å². The minimum absolute atomic E-state index is 0.179. The number of rotatable bonds is 10. The Morgan fingerprint density at radius 2 is 1.82 bits per heavy atom. The van der Waals surface area contributed by atoms with Gasteiger partial charge in [0.25, 0.3) is 0 Å². The van der Waals surface area contributed by atoms with Crippen LogP contribution in [0.2, 0.25) is 0 Å². The molecule has 0 aliphatic carbocycles. The third kappa shape index (κ3) is 9.09. The van der Waals surface area contributed by atoms with E-state index in [1.54, 1.807) is 0 Å². The third-order valence-electron chi connectivity index (χ3n) is 2.30. The molecule has 0 aliphatic rings. The van der Waals surface area contributed by atoms with E-state index < -0.39 is 0 Å². The molecule has 0 aromatic carbocycles. The van der Waals surface area contributed by atoms with Crippen LogP contribution < -0.4 is 11.1 Å². The van der Waals surface area contributed by atoms with Crippen molar-refractivity contribution in [3.63, 3.8) is 0 Å². The van der Waals surface area contributed by atoms with E-state index in [0.717, 1.165) is 13.0 Å². The van der Waals surface area contributed by atoms with Gasteiger partial charge in [0.15, 0.2) is 6.29 Å². The van der Waals surface area contributed by atoms with Gasteiger partial charge in [-0.25, -0.2) is 0 Å². The maximum absolute atomic E-state index is 10.8. The van der Waals surface area contributed by atoms with E-state index in [0.29, 0.717) is 19.6 Å². The summed E-state index contributed by atoms with van der Waals surface area (Å²) in [5, 5.41) is 3.28. The number of amides is 1. The van der Waals surface area contributed by atoms with Crippen molar-refractivity contribution >= 4 is 5.91 Å². The molecule has 0 aromatic rings. The van der Waals surface area contributed by atoms with Crippen LogP contribution in [0.25, 0.3) is 0 Å². The number of hydrogen-bond donors (Lipinski definition) is 2. The number of hydrogen-bond acceptors (Lipinski definition) is 4. The second-order valence-electron chi connectivity index (χ2n) is 4.58. The minimum Gasteiger partial charge on any atom is -0.370 e. The zero-order valence-corrected chi connectivity index (χ0v) is 11.4. The highest BCUT2D eigenvalue weighted by Crippen LogP contribution is 2.08. The Hall–Kier alpha value is -0.650. The SMILES string of the molecule is CCOC(CCNC(C)(C)CC(N)=O)OCC. The lowest BCUT2D eigenvalue weighted by atomic mass is 10.0. The Morgan fingerprint density at radius 3 is 2.24 bits per heavy atom. The number of carbonyl (C=O) groups is 1. The van der Waals surface area contributed by atoms with Gasteiger partial charge >= 0.3 is 0 Å². The second kappa shape index (κ2) is 8.44. The first-order valence-electron chi connectivity index (χ1n) is 6.17. The molecule has 0 saturated heterocycles. The number of ether oxygens (including phenoxy) is 2. The Kier molecular flexibility index (Phi) is 8.12. The van der Waals surface area contributed by atoms with Crippen molar-refractivity contribution in [2.75, 3.05) is 19.8 Å². The third-order valence-corrected chi connectivity index (χ3v) is 2.30. The van der Waals surface area contributed by atoms with Gasteiger partial charge in [-0.2, -0.15) is 0 Å². The Labute approximate surface area is 104 Å². The van der Waals surface area contributed by atoms with E-state index in [1.165, 1.54) is 0 Å². The van der Waals surface area contributed by atoms with Gasteiger partial charge in [0, 0.05) is 38.1 Å². The van der Waals surface area contributed by atoms with Crippen LogP contribution in [0.4, 0.5) is 0 Å². The second-order valence-corrected chi connectivity index (χ2v) is 4.58. The van der Waals surface area contributed by atoms with E-state index in [4.69, 9.17) is 15.2 Å². The molecule has 0 unspecified atom stereocenters. The summed E-state index contributed by atoms with van der Waals surface area (Å²) in [6.07, 6.45) is 0.895. The molecule has 1 amide bonds. The van der Waals surface area contributed by atoms with Gasteiger partial charge < -0.3 is 20.5 Å². The van der Waals surface area contributed by atoms with Crippen LogP contribution >= 0.6 is 0 Å². The molecule has 0 fully saturated rings. The molecule has 5 heteroatoms. The average Bonchev–Trinajstić information content (AvgIpc) is 2.15. The monoisotopic (exact) mass is 246 g/mol. The molecule has 0 atom stereocenters. The molecule has 0 heterocycles. The predicted octanol–water partition coefficient (Wildman–Crippen LogP) is 1.02. The molecular weight excluding hydrogens is 220 g/mol. The molecule has 17 heavy (non-hydrogen) atoms. The van der Waals surface area contributed by atoms with Crippen molar-refractivity contribution in [1.29, 1.82) is 0 Å². The standard InChI is InChI=1S/C12H26N2O3/c1-5-16-11(17-6-2)7-8-14-12(3,4)9-10(13)15/h11,14H,5-9H2,1-4H3,(H2,13,15). The Morgan fingerprint density at radius 1 is 1.29 bits per heavy atom. The highest BCUT2D eigenvalue weighted by atomic mass is 16.7. The van der Waals surface area contributed by atoms with Crippen LogP contribution in [0.3, 0.4) is 0 Å². The summed E-state index contributed by atoms with van der Waals surface area (Å²) in [5.74, 6) is -0.298. The maximum Gasteiger partial charge on any atom is 0.219 e. The molecule has 3 N–H and O–H groups in total. The van der Waals surface area contributed by atoms with Gasteiger partial charge in [-0.05, 0) is 27.7 Å². The summed E-state index contributed by atoms with van der Waals surface area (Å²) in [6, 6.07) is 0. The van der Waals surface area contributed by atoms with Crippen LogP contribution in [0.1, 0.15) is 40.5 Å². The molecule has 0 radical (unpaired) electrons. The van der Waals surface area contributed by atoms with Crippen LogP contribution in [0.5, 0.6) is 0 Å². The largest absolute Gasteiger partial charge is 0.370 e. The fraction of sp³-hybridized carbons (Fsp3) is 0.917. The van der Waals surface area contributed by atoms with E-state index >= 15 is 0 Å². The molecule has 0 spiro atoms. The number of nitrogens with one attached hydrogen (secondary N) is 1. The Bertz CT molecular complexity index is 214. The lowest BCUT2D eigenvalue weighted by Crippen LogP contribution is -2.44. The molecular formula is C12H26N2O3. The van der Waals surface area contributed by atoms with Crippen molar-refractivity contribution < 1.29 is 14.3 Å². The quantitative estimate of drug-likeness (QED) is 0.564. The summed E-state index contributed by atoms with van der Waals surface area (Å²) in [6.45, 7) is 9.78. The van der Waals surface area contributed by atoms with Crippen molar-refractivity contribution in [2.45, 2.75) is 52.4 Å². The predicted molar refractivity (Wildman–Crippen MR) is 67.6 cm³/mol. The molecule has 102 valence electrons. The van der Waals surface area contributed by atoms with Crippen LogP contribution in [0.15, 0.2) is 0 Å². The Balaban J connectivity index is 3.89. The van der Waals surface area contributed by atoms with Gasteiger partial charge in [-0.3, -0.25) is 4.79 Å². The van der Waals surface area contributed by atoms with Crippen molar-refractivity contribution in [2.24, 2.45) is 5.73 Å². The number of carbonyl (C=O) groups excluding carboxylic acids is 1. The molecule has 0 saturated carbocycles. The van der Waals surface area contributed by atoms with Gasteiger partial charge in [0.2, 0.25) is 5.91 Å². The van der Waals surface area contributed by atoms with Crippen LogP contribution in [-0.2, 0) is 14.3 Å². The van der Waals surface area contributed by atoms with Gasteiger partial charge in [-0.15, -0.1) is 0 Å². The maximum atomic E-state index is 10.8. The van der Waals surface area contributed by atoms with Gasteiger partial charge in [-0.1, -0.05) is 0 Å². The van der Waals surface area contributed by atoms with Crippen LogP contribution in [-0.4, -0.2) is 37.5 Å². The normalized spacial score (nSPS) is 12.1. The van der Waals surface area contributed by atoms with E-state index in [9.17, 15) is 4.79 Å². The number of primary amides is 1. The summed E-state index contributed by atoms with van der Waals surface area (Å²) in [4.78, 5) is 10.8. The first-order chi connectivity index (χ1) is 7.91. The first-order valence-corrected chi connectivity index (χ1v) is 6.17. The minimum atomic E-state index is -0.298. The van der Waals surface area contributed by atoms with E-state index in [2.05, 4.69) is 5.32 Å². The molecule has 0 aliphatic heterocycles. The topological polar surface area (TPSA) is 73.6 Å². The lowest BCUT2D eigenvalue weighted by molar-refractivity contribution is -0.139. The van der Waals surface area contributed by atoms with Gasteiger partial charge in [0.1, 0.15) is 0 Å². The highest BCUT2D eigenvalue weighted by molar-refractivity contribution is 5.74. The summed E-state index contributed by atoms with van der Waals surface area (Å²) in [7, 11) is 0. The fourth-order valence-electron chi connectivity index (χ4n) is 1.61. The first kappa shape index (κ1) is 16.4. The fourth-order valence-corrected chi connectivity index (χ4v) is 1.61. The average molecular weight is 246 g/mol. The van der Waals surface area contributed by atoms with Crippen molar-refractivity contribution in [3.05, 3.63) is 0 Å². The molecule has 5 nitrogen and oxygen atoms in total. The molecule has 0 bridgehead atoms. The molecule has 0 aromatic heterocycles. The smallest absolute Gasteiger partial charge is 0.219 e. The summed E-state index contributed by atoms with van der Waals surface area (Å²) >= 11 is 0. The molecule has 0 rings (SSSR count). The summed E-state index contributed by atoms with van der Waals surface area (Å²) < 4.78 is 10.8. The zero-order chi connectivity index (χ0) is 13.3. The van der Waals surface area contributed by atoms with E-state index in [1.807, 2.05) is 27.7 Å². The van der Waals surface area contributed by atoms with Crippen molar-refractivity contribution in [3.8, 4) is 0 Å². The van der Waals surface area contributed by atoms with Gasteiger partial charge in [0.05, 0.1) is 0 Å². The number of nitrogens with two attached hydrogens (primary N) is 1. The zero-order valence-electron chi connectivity index (χ0n) is 11.4.